The molecule has 2 atom stereocenters. The van der Waals surface area contributed by atoms with Crippen molar-refractivity contribution in [1.29, 1.82) is 0 Å². The number of aliphatic hydroxyl groups is 1. The minimum absolute atomic E-state index is 0.394. The summed E-state index contributed by atoms with van der Waals surface area (Å²) in [6.07, 6.45) is 4.74. The molecule has 2 N–H and O–H groups in total. The highest BCUT2D eigenvalue weighted by atomic mass is 127. The zero-order valence-electron chi connectivity index (χ0n) is 8.42. The van der Waals surface area contributed by atoms with Crippen LogP contribution in [0.3, 0.4) is 0 Å². The molecular weight excluding hydrogens is 295 g/mol. The summed E-state index contributed by atoms with van der Waals surface area (Å²) in [4.78, 5) is 11.1. The van der Waals surface area contributed by atoms with Crippen LogP contribution in [0.25, 0.3) is 0 Å². The quantitative estimate of drug-likeness (QED) is 0.621. The highest BCUT2D eigenvalue weighted by Gasteiger charge is 2.54. The maximum absolute atomic E-state index is 11.1. The molecule has 1 aliphatic rings. The molecule has 1 fully saturated rings. The molecule has 0 spiro atoms. The molecule has 0 heterocycles. The SMILES string of the molecule is CCC[C@@]1(I)CCCC[C@]1(O)C(=O)O. The number of carboxylic acid groups (broad SMARTS) is 1. The Morgan fingerprint density at radius 1 is 1.43 bits per heavy atom. The fraction of sp³-hybridized carbons (Fsp3) is 0.900. The summed E-state index contributed by atoms with van der Waals surface area (Å²) in [5.41, 5.74) is -1.51. The molecule has 14 heavy (non-hydrogen) atoms. The van der Waals surface area contributed by atoms with Crippen LogP contribution in [0.1, 0.15) is 45.4 Å². The fourth-order valence-electron chi connectivity index (χ4n) is 2.24. The summed E-state index contributed by atoms with van der Waals surface area (Å²) in [5, 5.41) is 19.3. The van der Waals surface area contributed by atoms with Crippen LogP contribution in [0.4, 0.5) is 0 Å². The standard InChI is InChI=1S/C10H17IO3/c1-2-5-9(11)6-3-4-7-10(9,14)8(12)13/h14H,2-7H2,1H3,(H,12,13)/t9-,10+/m1/s1. The van der Waals surface area contributed by atoms with Crippen molar-refractivity contribution < 1.29 is 15.0 Å². The van der Waals surface area contributed by atoms with Crippen LogP contribution >= 0.6 is 22.6 Å². The predicted octanol–water partition coefficient (Wildman–Crippen LogP) is 2.35. The largest absolute Gasteiger partial charge is 0.479 e. The van der Waals surface area contributed by atoms with Crippen LogP contribution in [0.5, 0.6) is 0 Å². The molecule has 82 valence electrons. The third-order valence-electron chi connectivity index (χ3n) is 3.10. The molecule has 0 aromatic carbocycles. The van der Waals surface area contributed by atoms with Crippen molar-refractivity contribution in [2.45, 2.75) is 54.5 Å². The molecule has 0 saturated heterocycles. The third kappa shape index (κ3) is 1.91. The van der Waals surface area contributed by atoms with Crippen molar-refractivity contribution in [2.75, 3.05) is 0 Å². The van der Waals surface area contributed by atoms with Gasteiger partial charge in [0, 0.05) is 0 Å². The Morgan fingerprint density at radius 2 is 2.00 bits per heavy atom. The van der Waals surface area contributed by atoms with E-state index in [1.807, 2.05) is 6.92 Å². The first kappa shape index (κ1) is 12.2. The number of halogens is 1. The number of hydrogen-bond acceptors (Lipinski definition) is 2. The van der Waals surface area contributed by atoms with E-state index in [1.54, 1.807) is 0 Å². The molecule has 0 unspecified atom stereocenters. The minimum atomic E-state index is -1.51. The van der Waals surface area contributed by atoms with Crippen LogP contribution in [0.15, 0.2) is 0 Å². The second kappa shape index (κ2) is 4.35. The first-order chi connectivity index (χ1) is 6.46. The molecule has 0 aromatic rings. The summed E-state index contributed by atoms with van der Waals surface area (Å²) in [6, 6.07) is 0. The van der Waals surface area contributed by atoms with E-state index < -0.39 is 15.0 Å². The van der Waals surface area contributed by atoms with E-state index in [0.29, 0.717) is 6.42 Å². The molecule has 1 aliphatic carbocycles. The first-order valence-corrected chi connectivity index (χ1v) is 6.19. The van der Waals surface area contributed by atoms with Crippen LogP contribution in [-0.4, -0.2) is 25.2 Å². The Balaban J connectivity index is 2.93. The van der Waals surface area contributed by atoms with Gasteiger partial charge < -0.3 is 10.2 Å². The number of alkyl halides is 1. The van der Waals surface area contributed by atoms with E-state index in [-0.39, 0.29) is 0 Å². The average molecular weight is 312 g/mol. The highest BCUT2D eigenvalue weighted by molar-refractivity contribution is 14.1. The van der Waals surface area contributed by atoms with E-state index in [9.17, 15) is 9.90 Å². The van der Waals surface area contributed by atoms with E-state index in [2.05, 4.69) is 22.6 Å². The molecule has 0 amide bonds. The Morgan fingerprint density at radius 3 is 2.50 bits per heavy atom. The lowest BCUT2D eigenvalue weighted by Crippen LogP contribution is -2.57. The van der Waals surface area contributed by atoms with Crippen LogP contribution < -0.4 is 0 Å². The van der Waals surface area contributed by atoms with Gasteiger partial charge in [-0.25, -0.2) is 4.79 Å². The number of carbonyl (C=O) groups is 1. The van der Waals surface area contributed by atoms with Crippen LogP contribution in [0, 0.1) is 0 Å². The lowest BCUT2D eigenvalue weighted by molar-refractivity contribution is -0.165. The smallest absolute Gasteiger partial charge is 0.337 e. The monoisotopic (exact) mass is 312 g/mol. The molecule has 4 heteroatoms. The Kier molecular flexibility index (Phi) is 3.80. The average Bonchev–Trinajstić information content (AvgIpc) is 2.10. The molecule has 0 radical (unpaired) electrons. The minimum Gasteiger partial charge on any atom is -0.479 e. The van der Waals surface area contributed by atoms with E-state index in [0.717, 1.165) is 32.1 Å². The van der Waals surface area contributed by atoms with Crippen molar-refractivity contribution in [2.24, 2.45) is 0 Å². The van der Waals surface area contributed by atoms with Gasteiger partial charge in [0.25, 0.3) is 0 Å². The van der Waals surface area contributed by atoms with Crippen molar-refractivity contribution in [1.82, 2.24) is 0 Å². The van der Waals surface area contributed by atoms with Crippen LogP contribution in [0.2, 0.25) is 0 Å². The normalized spacial score (nSPS) is 38.2. The van der Waals surface area contributed by atoms with Crippen molar-refractivity contribution in [3.8, 4) is 0 Å². The number of carboxylic acids is 1. The molecule has 0 aromatic heterocycles. The van der Waals surface area contributed by atoms with Crippen molar-refractivity contribution in [3.05, 3.63) is 0 Å². The van der Waals surface area contributed by atoms with Gasteiger partial charge in [-0.1, -0.05) is 42.4 Å². The summed E-state index contributed by atoms with van der Waals surface area (Å²) in [5.74, 6) is -1.06. The topological polar surface area (TPSA) is 57.5 Å². The number of aliphatic carboxylic acids is 1. The predicted molar refractivity (Wildman–Crippen MR) is 62.7 cm³/mol. The van der Waals surface area contributed by atoms with Gasteiger partial charge in [0.15, 0.2) is 5.60 Å². The van der Waals surface area contributed by atoms with E-state index in [1.165, 1.54) is 0 Å². The molecular formula is C10H17IO3. The van der Waals surface area contributed by atoms with Gasteiger partial charge in [-0.3, -0.25) is 0 Å². The lowest BCUT2D eigenvalue weighted by Gasteiger charge is -2.44. The fourth-order valence-corrected chi connectivity index (χ4v) is 3.66. The molecule has 1 rings (SSSR count). The summed E-state index contributed by atoms with van der Waals surface area (Å²) in [6.45, 7) is 2.03. The number of rotatable bonds is 3. The van der Waals surface area contributed by atoms with Gasteiger partial charge >= 0.3 is 5.97 Å². The maximum Gasteiger partial charge on any atom is 0.337 e. The molecule has 1 saturated carbocycles. The molecule has 0 bridgehead atoms. The Bertz CT molecular complexity index is 227. The second-order valence-electron chi connectivity index (χ2n) is 4.09. The Labute approximate surface area is 98.0 Å². The van der Waals surface area contributed by atoms with Crippen molar-refractivity contribution in [3.63, 3.8) is 0 Å². The van der Waals surface area contributed by atoms with Crippen LogP contribution in [-0.2, 0) is 4.79 Å². The van der Waals surface area contributed by atoms with Gasteiger partial charge in [0.1, 0.15) is 0 Å². The zero-order chi connectivity index (χ0) is 10.8. The highest BCUT2D eigenvalue weighted by Crippen LogP contribution is 2.47. The second-order valence-corrected chi connectivity index (χ2v) is 6.15. The maximum atomic E-state index is 11.1. The van der Waals surface area contributed by atoms with E-state index >= 15 is 0 Å². The third-order valence-corrected chi connectivity index (χ3v) is 5.07. The van der Waals surface area contributed by atoms with Gasteiger partial charge in [0.05, 0.1) is 3.42 Å². The summed E-state index contributed by atoms with van der Waals surface area (Å²) < 4.78 is -0.469. The van der Waals surface area contributed by atoms with Crippen molar-refractivity contribution >= 4 is 28.6 Å². The lowest BCUT2D eigenvalue weighted by atomic mass is 9.73. The van der Waals surface area contributed by atoms with Gasteiger partial charge in [-0.15, -0.1) is 0 Å². The molecule has 0 aliphatic heterocycles. The first-order valence-electron chi connectivity index (χ1n) is 5.11. The summed E-state index contributed by atoms with van der Waals surface area (Å²) >= 11 is 2.15. The zero-order valence-corrected chi connectivity index (χ0v) is 10.6. The Hall–Kier alpha value is 0.160. The number of hydrogen-bond donors (Lipinski definition) is 2. The van der Waals surface area contributed by atoms with Gasteiger partial charge in [-0.2, -0.15) is 0 Å². The molecule has 3 nitrogen and oxygen atoms in total. The van der Waals surface area contributed by atoms with Gasteiger partial charge in [0.2, 0.25) is 0 Å². The van der Waals surface area contributed by atoms with Gasteiger partial charge in [-0.05, 0) is 25.7 Å². The summed E-state index contributed by atoms with van der Waals surface area (Å²) in [7, 11) is 0. The van der Waals surface area contributed by atoms with E-state index in [4.69, 9.17) is 5.11 Å².